The number of aryl methyl sites for hydroxylation is 1. The van der Waals surface area contributed by atoms with E-state index in [0.29, 0.717) is 19.7 Å². The first-order valence-electron chi connectivity index (χ1n) is 6.76. The van der Waals surface area contributed by atoms with Crippen LogP contribution in [0.4, 0.5) is 5.82 Å². The molecular formula is C14H17N5O2. The Morgan fingerprint density at radius 1 is 1.38 bits per heavy atom. The summed E-state index contributed by atoms with van der Waals surface area (Å²) in [5.41, 5.74) is 6.54. The summed E-state index contributed by atoms with van der Waals surface area (Å²) in [6.07, 6.45) is -0.439. The van der Waals surface area contributed by atoms with E-state index in [2.05, 4.69) is 20.3 Å². The van der Waals surface area contributed by atoms with Gasteiger partial charge in [0.2, 0.25) is 0 Å². The topological polar surface area (TPSA) is 96.9 Å². The van der Waals surface area contributed by atoms with Crippen LogP contribution in [-0.2, 0) is 4.74 Å². The van der Waals surface area contributed by atoms with Crippen LogP contribution in [-0.4, -0.2) is 47.0 Å². The number of hydrogen-bond acceptors (Lipinski definition) is 6. The summed E-state index contributed by atoms with van der Waals surface area (Å²) in [6.45, 7) is 3.61. The first kappa shape index (κ1) is 13.6. The number of oxime groups is 1. The van der Waals surface area contributed by atoms with Crippen molar-refractivity contribution in [1.82, 2.24) is 10.2 Å². The van der Waals surface area contributed by atoms with Gasteiger partial charge in [0.25, 0.3) is 0 Å². The Balaban J connectivity index is 1.99. The summed E-state index contributed by atoms with van der Waals surface area (Å²) in [6, 6.07) is 8.03. The van der Waals surface area contributed by atoms with E-state index in [1.165, 1.54) is 0 Å². The fraction of sp³-hybridized carbons (Fsp3) is 0.357. The van der Waals surface area contributed by atoms with Crippen molar-refractivity contribution in [3.8, 4) is 0 Å². The molecule has 1 atom stereocenters. The normalized spacial score (nSPS) is 20.0. The predicted octanol–water partition coefficient (Wildman–Crippen LogP) is 0.890. The average Bonchev–Trinajstić information content (AvgIpc) is 2.55. The summed E-state index contributed by atoms with van der Waals surface area (Å²) in [5.74, 6) is 0.874. The van der Waals surface area contributed by atoms with Crippen LogP contribution in [0, 0.1) is 6.92 Å². The zero-order valence-electron chi connectivity index (χ0n) is 11.7. The summed E-state index contributed by atoms with van der Waals surface area (Å²) >= 11 is 0. The van der Waals surface area contributed by atoms with Gasteiger partial charge in [0.05, 0.1) is 18.8 Å². The Kier molecular flexibility index (Phi) is 3.57. The molecule has 0 spiro atoms. The SMILES string of the molecule is Cc1nnc(N2CCOC(C(N)=NO)C2)c2ccccc12. The molecule has 1 aliphatic heterocycles. The van der Waals surface area contributed by atoms with Crippen molar-refractivity contribution in [2.75, 3.05) is 24.6 Å². The van der Waals surface area contributed by atoms with Crippen molar-refractivity contribution < 1.29 is 9.94 Å². The summed E-state index contributed by atoms with van der Waals surface area (Å²) in [5, 5.41) is 22.5. The Bertz CT molecular complexity index is 688. The number of hydrogen-bond donors (Lipinski definition) is 2. The highest BCUT2D eigenvalue weighted by atomic mass is 16.5. The molecule has 7 heteroatoms. The highest BCUT2D eigenvalue weighted by molar-refractivity contribution is 5.93. The van der Waals surface area contributed by atoms with E-state index in [9.17, 15) is 0 Å². The number of morpholine rings is 1. The molecule has 3 N–H and O–H groups in total. The van der Waals surface area contributed by atoms with Gasteiger partial charge in [0, 0.05) is 17.3 Å². The minimum atomic E-state index is -0.439. The van der Waals surface area contributed by atoms with Crippen molar-refractivity contribution in [3.63, 3.8) is 0 Å². The molecule has 21 heavy (non-hydrogen) atoms. The van der Waals surface area contributed by atoms with Crippen LogP contribution >= 0.6 is 0 Å². The van der Waals surface area contributed by atoms with E-state index >= 15 is 0 Å². The van der Waals surface area contributed by atoms with Crippen LogP contribution < -0.4 is 10.6 Å². The number of amidine groups is 1. The lowest BCUT2D eigenvalue weighted by Crippen LogP contribution is -2.49. The van der Waals surface area contributed by atoms with Gasteiger partial charge in [-0.05, 0) is 6.92 Å². The minimum absolute atomic E-state index is 0.0732. The first-order chi connectivity index (χ1) is 10.2. The van der Waals surface area contributed by atoms with Gasteiger partial charge in [-0.25, -0.2) is 0 Å². The maximum absolute atomic E-state index is 8.79. The van der Waals surface area contributed by atoms with Crippen LogP contribution in [0.15, 0.2) is 29.4 Å². The molecule has 110 valence electrons. The van der Waals surface area contributed by atoms with Crippen LogP contribution in [0.2, 0.25) is 0 Å². The highest BCUT2D eigenvalue weighted by Crippen LogP contribution is 2.26. The second-order valence-electron chi connectivity index (χ2n) is 4.98. The molecule has 0 aliphatic carbocycles. The minimum Gasteiger partial charge on any atom is -0.409 e. The lowest BCUT2D eigenvalue weighted by Gasteiger charge is -2.33. The third kappa shape index (κ3) is 2.47. The van der Waals surface area contributed by atoms with E-state index in [1.54, 1.807) is 0 Å². The Hall–Kier alpha value is -2.41. The van der Waals surface area contributed by atoms with Crippen LogP contribution in [0.3, 0.4) is 0 Å². The number of anilines is 1. The van der Waals surface area contributed by atoms with Crippen molar-refractivity contribution in [2.45, 2.75) is 13.0 Å². The number of fused-ring (bicyclic) bond motifs is 1. The maximum atomic E-state index is 8.79. The van der Waals surface area contributed by atoms with Crippen molar-refractivity contribution in [1.29, 1.82) is 0 Å². The number of benzene rings is 1. The molecule has 0 bridgehead atoms. The lowest BCUT2D eigenvalue weighted by molar-refractivity contribution is 0.0804. The third-order valence-corrected chi connectivity index (χ3v) is 3.66. The van der Waals surface area contributed by atoms with E-state index in [-0.39, 0.29) is 5.84 Å². The standard InChI is InChI=1S/C14H17N5O2/c1-9-10-4-2-3-5-11(10)14(17-16-9)19-6-7-21-12(8-19)13(15)18-20/h2-5,12,20H,6-8H2,1H3,(H2,15,18). The zero-order valence-corrected chi connectivity index (χ0v) is 11.7. The quantitative estimate of drug-likeness (QED) is 0.368. The zero-order chi connectivity index (χ0) is 14.8. The Morgan fingerprint density at radius 3 is 2.90 bits per heavy atom. The highest BCUT2D eigenvalue weighted by Gasteiger charge is 2.26. The molecular weight excluding hydrogens is 270 g/mol. The van der Waals surface area contributed by atoms with Gasteiger partial charge in [0.1, 0.15) is 6.10 Å². The molecule has 0 saturated carbocycles. The van der Waals surface area contributed by atoms with E-state index in [0.717, 1.165) is 22.3 Å². The van der Waals surface area contributed by atoms with Gasteiger partial charge in [-0.2, -0.15) is 5.10 Å². The van der Waals surface area contributed by atoms with Crippen molar-refractivity contribution >= 4 is 22.4 Å². The molecule has 1 aliphatic rings. The van der Waals surface area contributed by atoms with Crippen LogP contribution in [0.1, 0.15) is 5.69 Å². The first-order valence-corrected chi connectivity index (χ1v) is 6.76. The third-order valence-electron chi connectivity index (χ3n) is 3.66. The fourth-order valence-corrected chi connectivity index (χ4v) is 2.54. The van der Waals surface area contributed by atoms with Gasteiger partial charge in [-0.3, -0.25) is 0 Å². The molecule has 1 unspecified atom stereocenters. The monoisotopic (exact) mass is 287 g/mol. The smallest absolute Gasteiger partial charge is 0.170 e. The van der Waals surface area contributed by atoms with Crippen LogP contribution in [0.5, 0.6) is 0 Å². The number of aromatic nitrogens is 2. The molecule has 1 fully saturated rings. The largest absolute Gasteiger partial charge is 0.409 e. The van der Waals surface area contributed by atoms with Gasteiger partial charge in [-0.15, -0.1) is 5.10 Å². The fourth-order valence-electron chi connectivity index (χ4n) is 2.54. The van der Waals surface area contributed by atoms with Crippen LogP contribution in [0.25, 0.3) is 10.8 Å². The Labute approximate surface area is 122 Å². The molecule has 1 saturated heterocycles. The molecule has 0 radical (unpaired) electrons. The predicted molar refractivity (Wildman–Crippen MR) is 79.6 cm³/mol. The second kappa shape index (κ2) is 5.53. The van der Waals surface area contributed by atoms with Gasteiger partial charge < -0.3 is 20.6 Å². The number of rotatable bonds is 2. The van der Waals surface area contributed by atoms with Gasteiger partial charge in [0.15, 0.2) is 11.7 Å². The second-order valence-corrected chi connectivity index (χ2v) is 4.98. The van der Waals surface area contributed by atoms with E-state index < -0.39 is 6.10 Å². The number of nitrogens with two attached hydrogens (primary N) is 1. The van der Waals surface area contributed by atoms with Gasteiger partial charge >= 0.3 is 0 Å². The summed E-state index contributed by atoms with van der Waals surface area (Å²) < 4.78 is 5.51. The molecule has 7 nitrogen and oxygen atoms in total. The van der Waals surface area contributed by atoms with Crippen molar-refractivity contribution in [2.24, 2.45) is 10.9 Å². The molecule has 2 heterocycles. The molecule has 2 aromatic rings. The van der Waals surface area contributed by atoms with Crippen molar-refractivity contribution in [3.05, 3.63) is 30.0 Å². The molecule has 3 rings (SSSR count). The number of nitrogens with zero attached hydrogens (tertiary/aromatic N) is 4. The lowest BCUT2D eigenvalue weighted by atomic mass is 10.1. The van der Waals surface area contributed by atoms with Gasteiger partial charge in [-0.1, -0.05) is 29.4 Å². The summed E-state index contributed by atoms with van der Waals surface area (Å²) in [7, 11) is 0. The molecule has 0 amide bonds. The Morgan fingerprint density at radius 2 is 2.14 bits per heavy atom. The average molecular weight is 287 g/mol. The van der Waals surface area contributed by atoms with E-state index in [1.807, 2.05) is 31.2 Å². The number of ether oxygens (including phenoxy) is 1. The molecule has 1 aromatic carbocycles. The molecule has 1 aromatic heterocycles. The maximum Gasteiger partial charge on any atom is 0.170 e. The summed E-state index contributed by atoms with van der Waals surface area (Å²) in [4.78, 5) is 2.06. The van der Waals surface area contributed by atoms with E-state index in [4.69, 9.17) is 15.7 Å².